The molecule has 3 heteroatoms. The molecular weight excluding hydrogens is 278 g/mol. The second-order valence-corrected chi connectivity index (χ2v) is 8.15. The maximum Gasteiger partial charge on any atom is 0.0975 e. The highest BCUT2D eigenvalue weighted by molar-refractivity contribution is 7.84. The van der Waals surface area contributed by atoms with Crippen LogP contribution in [-0.2, 0) is 11.0 Å². The zero-order valence-electron chi connectivity index (χ0n) is 14.6. The number of rotatable bonds is 5. The molecule has 0 amide bonds. The minimum absolute atomic E-state index is 0. The molecule has 0 radical (unpaired) electrons. The van der Waals surface area contributed by atoms with Crippen LogP contribution in [-0.4, -0.2) is 15.0 Å². The first-order chi connectivity index (χ1) is 9.86. The Kier molecular flexibility index (Phi) is 9.80. The van der Waals surface area contributed by atoms with Crippen molar-refractivity contribution in [2.45, 2.75) is 71.6 Å². The molecule has 3 atom stereocenters. The summed E-state index contributed by atoms with van der Waals surface area (Å²) in [4.78, 5) is 0. The monoisotopic (exact) mass is 313 g/mol. The van der Waals surface area contributed by atoms with Crippen LogP contribution < -0.4 is 4.72 Å². The van der Waals surface area contributed by atoms with Gasteiger partial charge in [-0.15, -0.1) is 6.58 Å². The van der Waals surface area contributed by atoms with Gasteiger partial charge in [-0.3, -0.25) is 0 Å². The number of allylic oxidation sites excluding steroid dienone is 3. The molecule has 1 rings (SSSR count). The summed E-state index contributed by atoms with van der Waals surface area (Å²) < 4.78 is 15.3. The fraction of sp³-hybridized carbons (Fsp3) is 0.667. The highest BCUT2D eigenvalue weighted by Crippen LogP contribution is 2.25. The van der Waals surface area contributed by atoms with E-state index >= 15 is 0 Å². The van der Waals surface area contributed by atoms with Crippen LogP contribution in [0.1, 0.15) is 62.2 Å². The Balaban J connectivity index is 0. The summed E-state index contributed by atoms with van der Waals surface area (Å²) >= 11 is 0. The molecule has 21 heavy (non-hydrogen) atoms. The van der Waals surface area contributed by atoms with Crippen molar-refractivity contribution in [2.24, 2.45) is 5.92 Å². The molecule has 1 N–H and O–H groups in total. The van der Waals surface area contributed by atoms with Gasteiger partial charge in [0.25, 0.3) is 0 Å². The number of hydrogen-bond donors (Lipinski definition) is 1. The molecular formula is C18H35NOS. The third-order valence-electron chi connectivity index (χ3n) is 3.37. The lowest BCUT2D eigenvalue weighted by Gasteiger charge is -2.28. The van der Waals surface area contributed by atoms with Gasteiger partial charge in [0.2, 0.25) is 0 Å². The van der Waals surface area contributed by atoms with Crippen molar-refractivity contribution < 1.29 is 5.64 Å². The highest BCUT2D eigenvalue weighted by Gasteiger charge is 2.26. The zero-order valence-corrected chi connectivity index (χ0v) is 15.4. The highest BCUT2D eigenvalue weighted by atomic mass is 32.2. The first-order valence-corrected chi connectivity index (χ1v) is 9.16. The molecule has 0 aromatic rings. The molecule has 0 heterocycles. The molecule has 1 unspecified atom stereocenters. The van der Waals surface area contributed by atoms with E-state index in [1.54, 1.807) is 0 Å². The molecule has 124 valence electrons. The minimum Gasteiger partial charge on any atom is -0.242 e. The van der Waals surface area contributed by atoms with Gasteiger partial charge in [0.1, 0.15) is 0 Å². The molecule has 0 aliphatic heterocycles. The second-order valence-electron chi connectivity index (χ2n) is 6.15. The molecule has 1 aliphatic rings. The van der Waals surface area contributed by atoms with Crippen molar-refractivity contribution in [3.63, 3.8) is 0 Å². The second kappa shape index (κ2) is 10.1. The summed E-state index contributed by atoms with van der Waals surface area (Å²) in [5.41, 5.74) is 1.34. The molecule has 0 bridgehead atoms. The normalized spacial score (nSPS) is 21.4. The predicted octanol–water partition coefficient (Wildman–Crippen LogP) is 5.17. The van der Waals surface area contributed by atoms with E-state index in [1.807, 2.05) is 40.7 Å². The van der Waals surface area contributed by atoms with Gasteiger partial charge < -0.3 is 0 Å². The predicted molar refractivity (Wildman–Crippen MR) is 98.7 cm³/mol. The summed E-state index contributed by atoms with van der Waals surface area (Å²) in [5.74, 6) is 0.518. The van der Waals surface area contributed by atoms with Gasteiger partial charge in [-0.25, -0.2) is 8.93 Å². The standard InChI is InChI=1S/C16H27NOS.C2H6.H2/c1-6-10-15(17-19(18)16(3,4)5)14-12-9-7-8-11-13(14)2;1-2;/h6-7,9,12-13,15,17H,1,8,10-11H2,2-5H3;1-2H3;1H/t13?,15-,19+;;/m1../s1. The van der Waals surface area contributed by atoms with E-state index < -0.39 is 11.0 Å². The fourth-order valence-corrected chi connectivity index (χ4v) is 2.98. The van der Waals surface area contributed by atoms with Crippen LogP contribution in [0.5, 0.6) is 0 Å². The van der Waals surface area contributed by atoms with Crippen molar-refractivity contribution in [1.82, 2.24) is 4.72 Å². The van der Waals surface area contributed by atoms with Gasteiger partial charge in [0, 0.05) is 7.47 Å². The van der Waals surface area contributed by atoms with Crippen LogP contribution in [0.25, 0.3) is 0 Å². The van der Waals surface area contributed by atoms with E-state index in [4.69, 9.17) is 0 Å². The van der Waals surface area contributed by atoms with Crippen molar-refractivity contribution in [1.29, 1.82) is 0 Å². The van der Waals surface area contributed by atoms with Crippen LogP contribution in [0.2, 0.25) is 0 Å². The average Bonchev–Trinajstić information content (AvgIpc) is 2.64. The number of nitrogens with one attached hydrogen (secondary N) is 1. The van der Waals surface area contributed by atoms with Gasteiger partial charge >= 0.3 is 0 Å². The molecule has 0 aromatic carbocycles. The summed E-state index contributed by atoms with van der Waals surface area (Å²) in [7, 11) is -1.05. The third-order valence-corrected chi connectivity index (χ3v) is 4.98. The van der Waals surface area contributed by atoms with Crippen LogP contribution >= 0.6 is 0 Å². The average molecular weight is 314 g/mol. The van der Waals surface area contributed by atoms with E-state index in [0.717, 1.165) is 19.3 Å². The molecule has 0 saturated heterocycles. The summed E-state index contributed by atoms with van der Waals surface area (Å²) in [6, 6.07) is 0.121. The van der Waals surface area contributed by atoms with Crippen LogP contribution in [0.4, 0.5) is 0 Å². The first-order valence-electron chi connectivity index (χ1n) is 8.01. The Morgan fingerprint density at radius 1 is 1.52 bits per heavy atom. The lowest BCUT2D eigenvalue weighted by atomic mass is 9.90. The van der Waals surface area contributed by atoms with Gasteiger partial charge in [0.15, 0.2) is 0 Å². The van der Waals surface area contributed by atoms with Crippen molar-refractivity contribution >= 4 is 11.0 Å². The molecule has 1 aliphatic carbocycles. The lowest BCUT2D eigenvalue weighted by Crippen LogP contribution is -2.41. The molecule has 0 fully saturated rings. The maximum atomic E-state index is 12.3. The molecule has 0 spiro atoms. The Labute approximate surface area is 135 Å². The largest absolute Gasteiger partial charge is 0.242 e. The van der Waals surface area contributed by atoms with Gasteiger partial charge in [0.05, 0.1) is 15.7 Å². The molecule has 0 aromatic heterocycles. The SMILES string of the molecule is C=CC[C@@H](N[S@@](=O)C(C)(C)C)C1=CC=CCCC1C.CC.[HH]. The zero-order chi connectivity index (χ0) is 16.5. The van der Waals surface area contributed by atoms with Crippen molar-refractivity contribution in [2.75, 3.05) is 0 Å². The van der Waals surface area contributed by atoms with E-state index in [9.17, 15) is 4.21 Å². The Bertz CT molecular complexity index is 396. The van der Waals surface area contributed by atoms with Gasteiger partial charge in [-0.1, -0.05) is 45.1 Å². The van der Waals surface area contributed by atoms with Crippen LogP contribution in [0.15, 0.2) is 36.5 Å². The topological polar surface area (TPSA) is 29.1 Å². The summed E-state index contributed by atoms with van der Waals surface area (Å²) in [6.07, 6.45) is 11.5. The first kappa shape index (κ1) is 20.3. The van der Waals surface area contributed by atoms with Crippen molar-refractivity contribution in [3.05, 3.63) is 36.5 Å². The van der Waals surface area contributed by atoms with Crippen LogP contribution in [0, 0.1) is 5.92 Å². The summed E-state index contributed by atoms with van der Waals surface area (Å²) in [6.45, 7) is 16.1. The van der Waals surface area contributed by atoms with Crippen molar-refractivity contribution in [3.8, 4) is 0 Å². The Morgan fingerprint density at radius 2 is 2.14 bits per heavy atom. The number of hydrogen-bond acceptors (Lipinski definition) is 1. The third kappa shape index (κ3) is 7.23. The van der Waals surface area contributed by atoms with Crippen LogP contribution in [0.3, 0.4) is 0 Å². The Morgan fingerprint density at radius 3 is 2.67 bits per heavy atom. The van der Waals surface area contributed by atoms with E-state index in [1.165, 1.54) is 5.57 Å². The molecule has 0 saturated carbocycles. The lowest BCUT2D eigenvalue weighted by molar-refractivity contribution is 0.542. The maximum absolute atomic E-state index is 12.3. The van der Waals surface area contributed by atoms with E-state index in [0.29, 0.717) is 5.92 Å². The summed E-state index contributed by atoms with van der Waals surface area (Å²) in [5, 5.41) is 0. The van der Waals surface area contributed by atoms with Gasteiger partial charge in [-0.2, -0.15) is 0 Å². The molecule has 2 nitrogen and oxygen atoms in total. The Hall–Kier alpha value is -0.670. The minimum atomic E-state index is -1.05. The van der Waals surface area contributed by atoms with E-state index in [2.05, 4.69) is 36.5 Å². The fourth-order valence-electron chi connectivity index (χ4n) is 2.14. The smallest absolute Gasteiger partial charge is 0.0975 e. The van der Waals surface area contributed by atoms with E-state index in [-0.39, 0.29) is 12.2 Å². The quantitative estimate of drug-likeness (QED) is 0.697. The van der Waals surface area contributed by atoms with Gasteiger partial charge in [-0.05, 0) is 51.5 Å².